The largest absolute Gasteiger partial charge is 0.453 e. The lowest BCUT2D eigenvalue weighted by Crippen LogP contribution is -2.44. The second-order valence-electron chi connectivity index (χ2n) is 7.23. The Kier molecular flexibility index (Phi) is 6.14. The van der Waals surface area contributed by atoms with Gasteiger partial charge >= 0.3 is 6.09 Å². The van der Waals surface area contributed by atoms with Gasteiger partial charge in [-0.1, -0.05) is 0 Å². The number of rotatable bonds is 4. The fourth-order valence-corrected chi connectivity index (χ4v) is 3.19. The number of nitrogens with one attached hydrogen (secondary N) is 2. The molecule has 6 heteroatoms. The van der Waals surface area contributed by atoms with Gasteiger partial charge in [-0.2, -0.15) is 0 Å². The molecule has 0 radical (unpaired) electrons. The molecule has 0 saturated heterocycles. The Labute approximate surface area is 146 Å². The van der Waals surface area contributed by atoms with Crippen molar-refractivity contribution in [2.45, 2.75) is 77.1 Å². The molecule has 2 rings (SSSR count). The number of furan rings is 1. The van der Waals surface area contributed by atoms with Gasteiger partial charge in [-0.25, -0.2) is 4.79 Å². The Morgan fingerprint density at radius 1 is 1.26 bits per heavy atom. The van der Waals surface area contributed by atoms with Crippen LogP contribution in [0, 0.1) is 0 Å². The predicted molar refractivity (Wildman–Crippen MR) is 93.4 cm³/mol. The third-order valence-corrected chi connectivity index (χ3v) is 4.38. The molecule has 1 unspecified atom stereocenters. The van der Waals surface area contributed by atoms with Crippen molar-refractivity contribution in [2.24, 2.45) is 0 Å². The summed E-state index contributed by atoms with van der Waals surface area (Å²) in [6.45, 7) is 7.74. The number of halogens is 1. The predicted octanol–water partition coefficient (Wildman–Crippen LogP) is 4.53. The van der Waals surface area contributed by atoms with Crippen LogP contribution in [0.4, 0.5) is 4.79 Å². The summed E-state index contributed by atoms with van der Waals surface area (Å²) >= 11 is 3.33. The van der Waals surface area contributed by atoms with E-state index in [1.165, 1.54) is 0 Å². The molecule has 5 nitrogen and oxygen atoms in total. The number of hydrogen-bond acceptors (Lipinski definition) is 4. The van der Waals surface area contributed by atoms with Crippen molar-refractivity contribution < 1.29 is 13.9 Å². The Morgan fingerprint density at radius 3 is 2.39 bits per heavy atom. The third-order valence-electron chi connectivity index (χ3n) is 3.95. The van der Waals surface area contributed by atoms with Gasteiger partial charge in [0.2, 0.25) is 0 Å². The summed E-state index contributed by atoms with van der Waals surface area (Å²) in [4.78, 5) is 11.8. The molecule has 1 heterocycles. The van der Waals surface area contributed by atoms with Gasteiger partial charge in [0.1, 0.15) is 11.4 Å². The second kappa shape index (κ2) is 7.71. The molecule has 1 fully saturated rings. The Balaban J connectivity index is 1.72. The van der Waals surface area contributed by atoms with Gasteiger partial charge in [-0.3, -0.25) is 0 Å². The second-order valence-corrected chi connectivity index (χ2v) is 8.01. The highest BCUT2D eigenvalue weighted by Crippen LogP contribution is 2.24. The number of carbonyl (C=O) groups excluding carboxylic acids is 1. The molecule has 1 aromatic rings. The van der Waals surface area contributed by atoms with E-state index in [2.05, 4.69) is 33.5 Å². The van der Waals surface area contributed by atoms with Gasteiger partial charge in [0.25, 0.3) is 0 Å². The number of amides is 1. The van der Waals surface area contributed by atoms with Crippen LogP contribution in [-0.2, 0) is 4.74 Å². The van der Waals surface area contributed by atoms with Crippen molar-refractivity contribution in [1.29, 1.82) is 0 Å². The SMILES string of the molecule is CC(NC1CCC(NC(=O)OC(C)(C)C)CC1)c1ccc(Br)o1. The number of hydrogen-bond donors (Lipinski definition) is 2. The highest BCUT2D eigenvalue weighted by molar-refractivity contribution is 9.10. The Morgan fingerprint density at radius 2 is 1.87 bits per heavy atom. The highest BCUT2D eigenvalue weighted by Gasteiger charge is 2.26. The number of ether oxygens (including phenoxy) is 1. The molecule has 1 aliphatic carbocycles. The van der Waals surface area contributed by atoms with Gasteiger partial charge in [0.05, 0.1) is 6.04 Å². The van der Waals surface area contributed by atoms with Crippen LogP contribution >= 0.6 is 15.9 Å². The minimum absolute atomic E-state index is 0.182. The van der Waals surface area contributed by atoms with Crippen molar-refractivity contribution in [3.05, 3.63) is 22.6 Å². The molecule has 1 aliphatic rings. The van der Waals surface area contributed by atoms with Crippen LogP contribution in [0.2, 0.25) is 0 Å². The molecule has 1 atom stereocenters. The molecule has 0 aromatic carbocycles. The van der Waals surface area contributed by atoms with Crippen LogP contribution in [0.1, 0.15) is 65.2 Å². The lowest BCUT2D eigenvalue weighted by molar-refractivity contribution is 0.0489. The van der Waals surface area contributed by atoms with E-state index >= 15 is 0 Å². The Bertz CT molecular complexity index is 516. The van der Waals surface area contributed by atoms with Crippen LogP contribution in [0.3, 0.4) is 0 Å². The average molecular weight is 387 g/mol. The van der Waals surface area contributed by atoms with Gasteiger partial charge in [-0.15, -0.1) is 0 Å². The first-order valence-electron chi connectivity index (χ1n) is 8.24. The molecule has 1 amide bonds. The van der Waals surface area contributed by atoms with Crippen molar-refractivity contribution >= 4 is 22.0 Å². The minimum Gasteiger partial charge on any atom is -0.453 e. The van der Waals surface area contributed by atoms with Gasteiger partial charge in [0, 0.05) is 12.1 Å². The van der Waals surface area contributed by atoms with Crippen molar-refractivity contribution in [1.82, 2.24) is 10.6 Å². The number of alkyl carbamates (subject to hydrolysis) is 1. The summed E-state index contributed by atoms with van der Waals surface area (Å²) in [5, 5.41) is 6.57. The highest BCUT2D eigenvalue weighted by atomic mass is 79.9. The molecular weight excluding hydrogens is 360 g/mol. The van der Waals surface area contributed by atoms with E-state index in [0.29, 0.717) is 6.04 Å². The van der Waals surface area contributed by atoms with E-state index in [4.69, 9.17) is 9.15 Å². The third kappa shape index (κ3) is 6.18. The molecule has 1 saturated carbocycles. The normalized spacial score (nSPS) is 23.3. The van der Waals surface area contributed by atoms with E-state index in [1.807, 2.05) is 32.9 Å². The molecule has 23 heavy (non-hydrogen) atoms. The van der Waals surface area contributed by atoms with Crippen molar-refractivity contribution in [3.63, 3.8) is 0 Å². The summed E-state index contributed by atoms with van der Waals surface area (Å²) < 4.78 is 11.7. The number of carbonyl (C=O) groups is 1. The first kappa shape index (κ1) is 18.3. The van der Waals surface area contributed by atoms with E-state index < -0.39 is 5.60 Å². The fraction of sp³-hybridized carbons (Fsp3) is 0.706. The zero-order valence-electron chi connectivity index (χ0n) is 14.3. The maximum absolute atomic E-state index is 11.8. The minimum atomic E-state index is -0.449. The molecule has 130 valence electrons. The first-order valence-corrected chi connectivity index (χ1v) is 9.03. The zero-order valence-corrected chi connectivity index (χ0v) is 15.9. The maximum Gasteiger partial charge on any atom is 0.407 e. The van der Waals surface area contributed by atoms with Gasteiger partial charge < -0.3 is 19.8 Å². The van der Waals surface area contributed by atoms with Crippen LogP contribution in [0.25, 0.3) is 0 Å². The fourth-order valence-electron chi connectivity index (χ4n) is 2.88. The van der Waals surface area contributed by atoms with E-state index in [9.17, 15) is 4.79 Å². The van der Waals surface area contributed by atoms with E-state index in [-0.39, 0.29) is 18.2 Å². The Hall–Kier alpha value is -1.01. The van der Waals surface area contributed by atoms with Crippen LogP contribution in [0.5, 0.6) is 0 Å². The standard InChI is InChI=1S/C17H27BrN2O3/c1-11(14-9-10-15(18)22-14)19-12-5-7-13(8-6-12)20-16(21)23-17(2,3)4/h9-13,19H,5-8H2,1-4H3,(H,20,21). The zero-order chi connectivity index (χ0) is 17.0. The van der Waals surface area contributed by atoms with Crippen LogP contribution < -0.4 is 10.6 Å². The van der Waals surface area contributed by atoms with Crippen LogP contribution in [0.15, 0.2) is 21.2 Å². The van der Waals surface area contributed by atoms with Gasteiger partial charge in [-0.05, 0) is 81.4 Å². The summed E-state index contributed by atoms with van der Waals surface area (Å²) in [5.41, 5.74) is -0.449. The quantitative estimate of drug-likeness (QED) is 0.797. The van der Waals surface area contributed by atoms with E-state index in [1.54, 1.807) is 0 Å². The summed E-state index contributed by atoms with van der Waals surface area (Å²) in [5.74, 6) is 0.936. The average Bonchev–Trinajstić information content (AvgIpc) is 2.85. The lowest BCUT2D eigenvalue weighted by atomic mass is 9.90. The smallest absolute Gasteiger partial charge is 0.407 e. The van der Waals surface area contributed by atoms with Gasteiger partial charge in [0.15, 0.2) is 4.67 Å². The summed E-state index contributed by atoms with van der Waals surface area (Å²) in [6.07, 6.45) is 3.68. The first-order chi connectivity index (χ1) is 10.7. The topological polar surface area (TPSA) is 63.5 Å². The lowest BCUT2D eigenvalue weighted by Gasteiger charge is -2.31. The molecule has 0 bridgehead atoms. The molecule has 1 aromatic heterocycles. The summed E-state index contributed by atoms with van der Waals surface area (Å²) in [6, 6.07) is 4.73. The molecule has 2 N–H and O–H groups in total. The van der Waals surface area contributed by atoms with Crippen molar-refractivity contribution in [2.75, 3.05) is 0 Å². The molecule has 0 spiro atoms. The maximum atomic E-state index is 11.8. The monoisotopic (exact) mass is 386 g/mol. The van der Waals surface area contributed by atoms with E-state index in [0.717, 1.165) is 36.1 Å². The summed E-state index contributed by atoms with van der Waals surface area (Å²) in [7, 11) is 0. The molecular formula is C17H27BrN2O3. The van der Waals surface area contributed by atoms with Crippen LogP contribution in [-0.4, -0.2) is 23.8 Å². The van der Waals surface area contributed by atoms with Crippen molar-refractivity contribution in [3.8, 4) is 0 Å². The molecule has 0 aliphatic heterocycles.